The van der Waals surface area contributed by atoms with Gasteiger partial charge in [0, 0.05) is 12.8 Å². The van der Waals surface area contributed by atoms with Crippen LogP contribution in [-0.2, 0) is 18.9 Å². The molecule has 0 spiro atoms. The van der Waals surface area contributed by atoms with Crippen LogP contribution in [0.5, 0.6) is 0 Å². The quantitative estimate of drug-likeness (QED) is 0.489. The number of nitrogens with zero attached hydrogens (tertiary/aromatic N) is 1. The normalized spacial score (nSPS) is 50.1. The predicted molar refractivity (Wildman–Crippen MR) is 84.7 cm³/mol. The fourth-order valence-corrected chi connectivity index (χ4v) is 3.59. The summed E-state index contributed by atoms with van der Waals surface area (Å²) in [5.74, 6) is -0.0658. The number of hydrogen-bond acceptors (Lipinski definition) is 9. The molecular weight excluding hydrogens is 334 g/mol. The average molecular weight is 361 g/mol. The molecule has 0 aromatic carbocycles. The molecule has 0 aliphatic carbocycles. The Bertz CT molecular complexity index is 501. The van der Waals surface area contributed by atoms with E-state index in [9.17, 15) is 20.4 Å². The van der Waals surface area contributed by atoms with Crippen LogP contribution in [-0.4, -0.2) is 88.2 Å². The molecule has 3 heterocycles. The number of hydrogen-bond donors (Lipinski definition) is 4. The Hall–Kier alpha value is -0.810. The average Bonchev–Trinajstić information content (AvgIpc) is 2.97. The van der Waals surface area contributed by atoms with Gasteiger partial charge in [-0.05, 0) is 6.42 Å². The zero-order valence-corrected chi connectivity index (χ0v) is 14.6. The Morgan fingerprint density at radius 1 is 1.08 bits per heavy atom. The van der Waals surface area contributed by atoms with Crippen molar-refractivity contribution in [2.75, 3.05) is 6.61 Å². The summed E-state index contributed by atoms with van der Waals surface area (Å²) in [4.78, 5) is 4.20. The van der Waals surface area contributed by atoms with Gasteiger partial charge in [0.1, 0.15) is 30.5 Å². The van der Waals surface area contributed by atoms with Crippen LogP contribution in [0.15, 0.2) is 4.99 Å². The van der Waals surface area contributed by atoms with Crippen LogP contribution < -0.4 is 0 Å². The molecule has 0 amide bonds. The van der Waals surface area contributed by atoms with Gasteiger partial charge >= 0.3 is 0 Å². The van der Waals surface area contributed by atoms with Gasteiger partial charge in [-0.15, -0.1) is 0 Å². The van der Waals surface area contributed by atoms with Crippen molar-refractivity contribution in [3.63, 3.8) is 0 Å². The molecule has 3 aliphatic rings. The first-order valence-electron chi connectivity index (χ1n) is 8.69. The Labute approximate surface area is 146 Å². The highest BCUT2D eigenvalue weighted by Crippen LogP contribution is 2.34. The minimum Gasteiger partial charge on any atom is -0.450 e. The van der Waals surface area contributed by atoms with E-state index in [0.717, 1.165) is 0 Å². The molecule has 144 valence electrons. The van der Waals surface area contributed by atoms with Crippen LogP contribution in [0.1, 0.15) is 27.2 Å². The Balaban J connectivity index is 1.75. The summed E-state index contributed by atoms with van der Waals surface area (Å²) in [6, 6.07) is -0.668. The van der Waals surface area contributed by atoms with E-state index < -0.39 is 67.8 Å². The predicted octanol–water partition coefficient (Wildman–Crippen LogP) is -1.24. The summed E-state index contributed by atoms with van der Waals surface area (Å²) in [5.41, 5.74) is 0. The second kappa shape index (κ2) is 7.43. The number of ether oxygens (including phenoxy) is 4. The monoisotopic (exact) mass is 361 g/mol. The lowest BCUT2D eigenvalue weighted by molar-refractivity contribution is -0.332. The van der Waals surface area contributed by atoms with Crippen LogP contribution in [0.25, 0.3) is 0 Å². The fourth-order valence-electron chi connectivity index (χ4n) is 3.59. The summed E-state index contributed by atoms with van der Waals surface area (Å²) >= 11 is 0. The van der Waals surface area contributed by atoms with E-state index in [-0.39, 0.29) is 0 Å². The number of aliphatic hydroxyl groups is 4. The second-order valence-electron chi connectivity index (χ2n) is 6.86. The maximum Gasteiger partial charge on any atom is 0.227 e. The van der Waals surface area contributed by atoms with Crippen molar-refractivity contribution in [3.05, 3.63) is 0 Å². The zero-order chi connectivity index (χ0) is 18.3. The number of fused-ring (bicyclic) bond motifs is 1. The summed E-state index contributed by atoms with van der Waals surface area (Å²) < 4.78 is 22.5. The SMILES string of the molecule is CCC1O[C@@H](O[C@@H]2C(CO)O[C@H]3OC(C)=NC3[C@H]2O)C(O)[C@@H](C)[C@@H]1O. The summed E-state index contributed by atoms with van der Waals surface area (Å²) in [6.07, 6.45) is -6.54. The topological polar surface area (TPSA) is 130 Å². The highest BCUT2D eigenvalue weighted by Gasteiger charge is 2.52. The van der Waals surface area contributed by atoms with E-state index in [1.54, 1.807) is 13.8 Å². The van der Waals surface area contributed by atoms with Crippen molar-refractivity contribution < 1.29 is 39.4 Å². The van der Waals surface area contributed by atoms with E-state index in [0.29, 0.717) is 12.3 Å². The lowest BCUT2D eigenvalue weighted by atomic mass is 9.89. The van der Waals surface area contributed by atoms with E-state index in [4.69, 9.17) is 18.9 Å². The van der Waals surface area contributed by atoms with Gasteiger partial charge in [0.2, 0.25) is 6.29 Å². The molecule has 0 aromatic rings. The first kappa shape index (κ1) is 19.0. The fraction of sp³-hybridized carbons (Fsp3) is 0.938. The lowest BCUT2D eigenvalue weighted by Gasteiger charge is -2.45. The third-order valence-corrected chi connectivity index (χ3v) is 5.18. The largest absolute Gasteiger partial charge is 0.450 e. The van der Waals surface area contributed by atoms with Gasteiger partial charge in [-0.25, -0.2) is 4.99 Å². The molecule has 9 heteroatoms. The third kappa shape index (κ3) is 3.42. The summed E-state index contributed by atoms with van der Waals surface area (Å²) in [6.45, 7) is 4.83. The Morgan fingerprint density at radius 3 is 2.44 bits per heavy atom. The van der Waals surface area contributed by atoms with Gasteiger partial charge in [-0.2, -0.15) is 0 Å². The van der Waals surface area contributed by atoms with Gasteiger partial charge in [0.15, 0.2) is 12.2 Å². The van der Waals surface area contributed by atoms with Crippen molar-refractivity contribution in [2.24, 2.45) is 10.9 Å². The molecule has 10 atom stereocenters. The van der Waals surface area contributed by atoms with Gasteiger partial charge < -0.3 is 39.4 Å². The van der Waals surface area contributed by atoms with Crippen LogP contribution in [0.2, 0.25) is 0 Å². The summed E-state index contributed by atoms with van der Waals surface area (Å²) in [5, 5.41) is 40.8. The molecule has 25 heavy (non-hydrogen) atoms. The van der Waals surface area contributed by atoms with E-state index in [1.165, 1.54) is 0 Å². The van der Waals surface area contributed by atoms with Gasteiger partial charge in [-0.3, -0.25) is 0 Å². The highest BCUT2D eigenvalue weighted by molar-refractivity contribution is 5.75. The molecule has 0 radical (unpaired) electrons. The standard InChI is InChI=1S/C16H27NO8/c1-4-8-11(19)6(2)12(20)16(23-8)25-14-9(5-18)24-15-10(13(14)21)17-7(3)22-15/h6,8-16,18-21H,4-5H2,1-3H3/t6-,8?,9?,10?,11-,12?,13+,14+,15+,16-/m0/s1. The molecule has 2 saturated heterocycles. The molecule has 2 fully saturated rings. The van der Waals surface area contributed by atoms with Crippen LogP contribution in [0, 0.1) is 5.92 Å². The van der Waals surface area contributed by atoms with Gasteiger partial charge in [0.05, 0.1) is 18.8 Å². The minimum atomic E-state index is -1.09. The maximum absolute atomic E-state index is 10.6. The number of aliphatic imine (C=N–C) groups is 1. The third-order valence-electron chi connectivity index (χ3n) is 5.18. The zero-order valence-electron chi connectivity index (χ0n) is 14.6. The van der Waals surface area contributed by atoms with Crippen LogP contribution >= 0.6 is 0 Å². The van der Waals surface area contributed by atoms with Crippen molar-refractivity contribution in [3.8, 4) is 0 Å². The maximum atomic E-state index is 10.6. The minimum absolute atomic E-state index is 0.392. The van der Waals surface area contributed by atoms with E-state index in [1.807, 2.05) is 6.92 Å². The smallest absolute Gasteiger partial charge is 0.227 e. The second-order valence-corrected chi connectivity index (χ2v) is 6.86. The van der Waals surface area contributed by atoms with Crippen LogP contribution in [0.4, 0.5) is 0 Å². The molecular formula is C16H27NO8. The van der Waals surface area contributed by atoms with Gasteiger partial charge in [-0.1, -0.05) is 13.8 Å². The molecule has 4 N–H and O–H groups in total. The lowest BCUT2D eigenvalue weighted by Crippen LogP contribution is -2.62. The summed E-state index contributed by atoms with van der Waals surface area (Å²) in [7, 11) is 0. The van der Waals surface area contributed by atoms with Crippen LogP contribution in [0.3, 0.4) is 0 Å². The molecule has 3 aliphatic heterocycles. The Kier molecular flexibility index (Phi) is 5.64. The molecule has 0 saturated carbocycles. The molecule has 3 rings (SSSR count). The van der Waals surface area contributed by atoms with Crippen molar-refractivity contribution in [1.29, 1.82) is 0 Å². The molecule has 0 aromatic heterocycles. The first-order valence-corrected chi connectivity index (χ1v) is 8.69. The molecule has 9 nitrogen and oxygen atoms in total. The first-order chi connectivity index (χ1) is 11.9. The van der Waals surface area contributed by atoms with Gasteiger partial charge in [0.25, 0.3) is 0 Å². The number of rotatable bonds is 4. The van der Waals surface area contributed by atoms with E-state index in [2.05, 4.69) is 4.99 Å². The Morgan fingerprint density at radius 2 is 1.80 bits per heavy atom. The van der Waals surface area contributed by atoms with Crippen molar-refractivity contribution in [1.82, 2.24) is 0 Å². The van der Waals surface area contributed by atoms with E-state index >= 15 is 0 Å². The highest BCUT2D eigenvalue weighted by atomic mass is 16.7. The molecule has 0 bridgehead atoms. The van der Waals surface area contributed by atoms with Crippen molar-refractivity contribution in [2.45, 2.75) is 82.4 Å². The number of aliphatic hydroxyl groups excluding tert-OH is 4. The molecule has 4 unspecified atom stereocenters. The van der Waals surface area contributed by atoms with Crippen molar-refractivity contribution >= 4 is 5.90 Å².